The molecule has 0 aliphatic carbocycles. The first-order valence-corrected chi connectivity index (χ1v) is 8.67. The fraction of sp³-hybridized carbons (Fsp3) is 0.143. The summed E-state index contributed by atoms with van der Waals surface area (Å²) in [4.78, 5) is 1.13. The molecule has 0 saturated carbocycles. The molecule has 0 aliphatic heterocycles. The van der Waals surface area contributed by atoms with Gasteiger partial charge in [-0.25, -0.2) is 0 Å². The van der Waals surface area contributed by atoms with Crippen LogP contribution >= 0.6 is 21.3 Å². The van der Waals surface area contributed by atoms with E-state index in [1.807, 2.05) is 55.6 Å². The Kier molecular flexibility index (Phi) is 8.01. The van der Waals surface area contributed by atoms with Gasteiger partial charge in [-0.1, -0.05) is 19.1 Å². The number of thioether (sulfide) groups is 1. The minimum absolute atomic E-state index is 0.756. The van der Waals surface area contributed by atoms with E-state index >= 15 is 0 Å². The number of azo groups is 1. The van der Waals surface area contributed by atoms with Crippen molar-refractivity contribution in [2.24, 2.45) is 10.2 Å². The third-order valence-electron chi connectivity index (χ3n) is 2.30. The quantitative estimate of drug-likeness (QED) is 0.292. The molecule has 0 unspecified atom stereocenters. The van der Waals surface area contributed by atoms with Crippen LogP contribution < -0.4 is 0 Å². The third-order valence-corrected chi connectivity index (χ3v) is 3.09. The second-order valence-corrected chi connectivity index (χ2v) is 4.47. The van der Waals surface area contributed by atoms with Crippen LogP contribution in [0.2, 0.25) is 0 Å². The molecule has 0 heterocycles. The number of halogens is 1. The van der Waals surface area contributed by atoms with Gasteiger partial charge in [0.2, 0.25) is 0 Å². The van der Waals surface area contributed by atoms with Gasteiger partial charge in [0.1, 0.15) is 0 Å². The second-order valence-electron chi connectivity index (χ2n) is 3.62. The molecule has 2 aromatic carbocycles. The van der Waals surface area contributed by atoms with Gasteiger partial charge in [0.15, 0.2) is 0 Å². The van der Waals surface area contributed by atoms with Crippen molar-refractivity contribution in [3.63, 3.8) is 0 Å². The van der Waals surface area contributed by atoms with Crippen molar-refractivity contribution >= 4 is 32.7 Å². The number of hydrogen-bond donors (Lipinski definition) is 0. The molecule has 2 aromatic rings. The zero-order chi connectivity index (χ0) is 14.1. The van der Waals surface area contributed by atoms with E-state index in [2.05, 4.69) is 44.0 Å². The Morgan fingerprint density at radius 3 is 2.47 bits per heavy atom. The number of hydrogen-bond acceptors (Lipinski definition) is 3. The van der Waals surface area contributed by atoms with E-state index in [4.69, 9.17) is 0 Å². The Hall–Kier alpha value is -0.658. The number of rotatable bonds is 3. The molecule has 0 bridgehead atoms. The summed E-state index contributed by atoms with van der Waals surface area (Å²) in [5, 5.41) is 8.43. The molecule has 0 aliphatic rings. The minimum atomic E-state index is 0.756. The van der Waals surface area contributed by atoms with Crippen LogP contribution in [0.1, 0.15) is 5.56 Å². The molecule has 0 fully saturated rings. The van der Waals surface area contributed by atoms with Gasteiger partial charge in [0.25, 0.3) is 0 Å². The summed E-state index contributed by atoms with van der Waals surface area (Å²) in [5.74, 6) is 0. The van der Waals surface area contributed by atoms with Gasteiger partial charge < -0.3 is 0 Å². The Morgan fingerprint density at radius 2 is 1.84 bits per heavy atom. The van der Waals surface area contributed by atoms with Crippen molar-refractivity contribution in [3.8, 4) is 0 Å². The van der Waals surface area contributed by atoms with E-state index in [-0.39, 0.29) is 0 Å². The van der Waals surface area contributed by atoms with Crippen molar-refractivity contribution in [2.45, 2.75) is 11.8 Å². The molecule has 0 atom stereocenters. The normalized spacial score (nSPS) is 10.2. The summed E-state index contributed by atoms with van der Waals surface area (Å²) in [7, 11) is 4.49. The summed E-state index contributed by atoms with van der Waals surface area (Å²) >= 11 is 3.89. The third kappa shape index (κ3) is 5.46. The van der Waals surface area contributed by atoms with E-state index in [9.17, 15) is 0 Å². The maximum atomic E-state index is 4.49. The van der Waals surface area contributed by atoms with Crippen LogP contribution in [0.25, 0.3) is 0 Å². The molecule has 2 rings (SSSR count). The molecule has 0 spiro atoms. The second kappa shape index (κ2) is 9.28. The van der Waals surface area contributed by atoms with Crippen LogP contribution in [0.4, 0.5) is 11.4 Å². The average Bonchev–Trinajstić information content (AvgIpc) is 2.49. The van der Waals surface area contributed by atoms with Crippen LogP contribution in [0.15, 0.2) is 57.6 Å². The van der Waals surface area contributed by atoms with Gasteiger partial charge in [-0.3, -0.25) is 0 Å². The van der Waals surface area contributed by atoms with Crippen LogP contribution in [0.3, 0.4) is 0 Å². The number of nitrogens with zero attached hydrogens (tertiary/aromatic N) is 2. The van der Waals surface area contributed by atoms with Gasteiger partial charge in [-0.2, -0.15) is 34.0 Å². The van der Waals surface area contributed by atoms with E-state index in [0.717, 1.165) is 16.3 Å². The van der Waals surface area contributed by atoms with Gasteiger partial charge in [-0.05, 0) is 24.1 Å². The zero-order valence-electron chi connectivity index (χ0n) is 10.5. The molecule has 0 amide bonds. The molecule has 0 radical (unpaired) electrons. The Balaban J connectivity index is 0.000000861. The van der Waals surface area contributed by atoms with Crippen molar-refractivity contribution in [3.05, 3.63) is 54.1 Å². The Bertz CT molecular complexity index is 529. The Labute approximate surface area is 133 Å². The average molecular weight is 383 g/mol. The van der Waals surface area contributed by atoms with Crippen LogP contribution in [0.5, 0.6) is 0 Å². The zero-order valence-corrected chi connectivity index (χ0v) is 13.7. The predicted molar refractivity (Wildman–Crippen MR) is 78.3 cm³/mol. The van der Waals surface area contributed by atoms with Gasteiger partial charge in [-0.15, -0.1) is 17.8 Å². The molecule has 19 heavy (non-hydrogen) atoms. The van der Waals surface area contributed by atoms with Crippen molar-refractivity contribution < 1.29 is 18.2 Å². The van der Waals surface area contributed by atoms with Crippen molar-refractivity contribution in [1.82, 2.24) is 0 Å². The van der Waals surface area contributed by atoms with E-state index in [0.29, 0.717) is 0 Å². The van der Waals surface area contributed by atoms with Gasteiger partial charge >= 0.3 is 27.7 Å². The molecule has 0 aromatic heterocycles. The first kappa shape index (κ1) is 16.4. The first-order chi connectivity index (χ1) is 9.29. The molecule has 2 nitrogen and oxygen atoms in total. The SMILES string of the molecule is CSc1ccccc1N=Nc1[c-]cc(C)cc1.[Cl][Pd+]. The van der Waals surface area contributed by atoms with Gasteiger partial charge in [0, 0.05) is 4.90 Å². The summed E-state index contributed by atoms with van der Waals surface area (Å²) in [6.45, 7) is 2.03. The molecule has 0 N–H and O–H groups in total. The fourth-order valence-corrected chi connectivity index (χ4v) is 1.91. The first-order valence-electron chi connectivity index (χ1n) is 5.44. The number of benzene rings is 2. The molecular formula is C14H13ClN2PdS. The van der Waals surface area contributed by atoms with Crippen LogP contribution in [0, 0.1) is 13.0 Å². The van der Waals surface area contributed by atoms with E-state index < -0.39 is 0 Å². The summed E-state index contributed by atoms with van der Waals surface area (Å²) in [6, 6.07) is 16.9. The fourth-order valence-electron chi connectivity index (χ4n) is 1.38. The molecule has 5 heteroatoms. The Morgan fingerprint density at radius 1 is 1.11 bits per heavy atom. The summed E-state index contributed by atoms with van der Waals surface area (Å²) < 4.78 is 0. The standard InChI is InChI=1S/C14H13N2S.ClH.Pd/c1-11-7-9-12(10-8-11)15-16-13-5-3-4-6-14(13)17-2;;/h3-9H,1-2H3;1H;/q-1;;+2/p-1. The number of aryl methyl sites for hydroxylation is 1. The molecule has 0 saturated heterocycles. The van der Waals surface area contributed by atoms with Crippen LogP contribution in [-0.2, 0) is 18.2 Å². The van der Waals surface area contributed by atoms with E-state index in [1.165, 1.54) is 5.56 Å². The predicted octanol–water partition coefficient (Wildman–Crippen LogP) is 5.62. The van der Waals surface area contributed by atoms with Crippen molar-refractivity contribution in [2.75, 3.05) is 6.26 Å². The van der Waals surface area contributed by atoms with Gasteiger partial charge in [0.05, 0.1) is 5.69 Å². The van der Waals surface area contributed by atoms with E-state index in [1.54, 1.807) is 11.8 Å². The maximum absolute atomic E-state index is 4.49. The molecule has 102 valence electrons. The molecular weight excluding hydrogens is 370 g/mol. The van der Waals surface area contributed by atoms with Crippen LogP contribution in [-0.4, -0.2) is 6.26 Å². The topological polar surface area (TPSA) is 24.7 Å². The summed E-state index contributed by atoms with van der Waals surface area (Å²) in [6.07, 6.45) is 2.03. The summed E-state index contributed by atoms with van der Waals surface area (Å²) in [5.41, 5.74) is 2.83. The monoisotopic (exact) mass is 382 g/mol. The van der Waals surface area contributed by atoms with Crippen molar-refractivity contribution in [1.29, 1.82) is 0 Å².